The molecule has 0 spiro atoms. The monoisotopic (exact) mass is 444 g/mol. The fourth-order valence-electron chi connectivity index (χ4n) is 4.11. The average molecular weight is 445 g/mol. The molecule has 0 saturated carbocycles. The lowest BCUT2D eigenvalue weighted by Gasteiger charge is -2.32. The van der Waals surface area contributed by atoms with Crippen LogP contribution in [0, 0.1) is 6.92 Å². The van der Waals surface area contributed by atoms with Gasteiger partial charge in [-0.05, 0) is 69.0 Å². The lowest BCUT2D eigenvalue weighted by molar-refractivity contribution is 0.0939. The van der Waals surface area contributed by atoms with Crippen LogP contribution in [0.5, 0.6) is 11.5 Å². The third-order valence-electron chi connectivity index (χ3n) is 6.05. The van der Waals surface area contributed by atoms with Gasteiger partial charge in [0, 0.05) is 18.2 Å². The Labute approximate surface area is 183 Å². The smallest absolute Gasteiger partial charge is 0.252 e. The van der Waals surface area contributed by atoms with Crippen LogP contribution in [0.1, 0.15) is 60.6 Å². The molecule has 31 heavy (non-hydrogen) atoms. The minimum Gasteiger partial charge on any atom is -0.454 e. The Balaban J connectivity index is 1.56. The SMILES string of the molecule is Cc1ccc(S(=O)(=O)N2CCCC[C@@H]2C)cc1C(=O)N[C@@H](C)c1ccc2c(c1)OCO2. The first-order chi connectivity index (χ1) is 14.8. The van der Waals surface area contributed by atoms with Gasteiger partial charge in [-0.1, -0.05) is 18.6 Å². The van der Waals surface area contributed by atoms with Crippen LogP contribution >= 0.6 is 0 Å². The van der Waals surface area contributed by atoms with Gasteiger partial charge < -0.3 is 14.8 Å². The Kier molecular flexibility index (Phi) is 5.94. The largest absolute Gasteiger partial charge is 0.454 e. The van der Waals surface area contributed by atoms with Crippen molar-refractivity contribution in [3.63, 3.8) is 0 Å². The summed E-state index contributed by atoms with van der Waals surface area (Å²) in [5.74, 6) is 1.02. The lowest BCUT2D eigenvalue weighted by Crippen LogP contribution is -2.42. The number of rotatable bonds is 5. The maximum Gasteiger partial charge on any atom is 0.252 e. The van der Waals surface area contributed by atoms with E-state index < -0.39 is 10.0 Å². The first kappa shape index (κ1) is 21.6. The number of ether oxygens (including phenoxy) is 2. The molecule has 8 heteroatoms. The average Bonchev–Trinajstić information content (AvgIpc) is 3.22. The van der Waals surface area contributed by atoms with Crippen LogP contribution in [0.3, 0.4) is 0 Å². The second-order valence-electron chi connectivity index (χ2n) is 8.25. The van der Waals surface area contributed by atoms with E-state index in [1.807, 2.05) is 32.0 Å². The van der Waals surface area contributed by atoms with Gasteiger partial charge in [-0.2, -0.15) is 4.31 Å². The molecule has 0 unspecified atom stereocenters. The standard InChI is InChI=1S/C23H28N2O5S/c1-15-7-9-19(31(27,28)25-11-5-4-6-16(25)2)13-20(15)23(26)24-17(3)18-8-10-21-22(12-18)30-14-29-21/h7-10,12-13,16-17H,4-6,11,14H2,1-3H3,(H,24,26)/t16-,17-/m0/s1. The number of hydrogen-bond donors (Lipinski definition) is 1. The molecule has 1 amide bonds. The number of nitrogens with zero attached hydrogens (tertiary/aromatic N) is 1. The predicted molar refractivity (Wildman–Crippen MR) is 117 cm³/mol. The van der Waals surface area contributed by atoms with Crippen LogP contribution in [-0.4, -0.2) is 38.0 Å². The summed E-state index contributed by atoms with van der Waals surface area (Å²) < 4.78 is 38.7. The molecule has 0 aliphatic carbocycles. The number of carbonyl (C=O) groups excluding carboxylic acids is 1. The maximum atomic E-state index is 13.2. The molecule has 2 aromatic rings. The number of piperidine rings is 1. The molecule has 2 aromatic carbocycles. The highest BCUT2D eigenvalue weighted by atomic mass is 32.2. The van der Waals surface area contributed by atoms with Crippen molar-refractivity contribution in [3.05, 3.63) is 53.1 Å². The molecule has 2 aliphatic rings. The van der Waals surface area contributed by atoms with Gasteiger partial charge in [0.05, 0.1) is 10.9 Å². The van der Waals surface area contributed by atoms with Crippen LogP contribution in [0.4, 0.5) is 0 Å². The van der Waals surface area contributed by atoms with Crippen molar-refractivity contribution in [1.29, 1.82) is 0 Å². The summed E-state index contributed by atoms with van der Waals surface area (Å²) in [6, 6.07) is 9.99. The zero-order valence-corrected chi connectivity index (χ0v) is 18.9. The Bertz CT molecular complexity index is 1100. The van der Waals surface area contributed by atoms with E-state index in [4.69, 9.17) is 9.47 Å². The highest BCUT2D eigenvalue weighted by Gasteiger charge is 2.31. The normalized spacial score (nSPS) is 19.8. The number of aryl methyl sites for hydroxylation is 1. The molecule has 7 nitrogen and oxygen atoms in total. The lowest BCUT2D eigenvalue weighted by atomic mass is 10.1. The van der Waals surface area contributed by atoms with Crippen molar-refractivity contribution < 1.29 is 22.7 Å². The van der Waals surface area contributed by atoms with Crippen molar-refractivity contribution >= 4 is 15.9 Å². The number of sulfonamides is 1. The molecule has 0 bridgehead atoms. The molecular weight excluding hydrogens is 416 g/mol. The third-order valence-corrected chi connectivity index (χ3v) is 8.06. The topological polar surface area (TPSA) is 84.9 Å². The van der Waals surface area contributed by atoms with Gasteiger partial charge in [-0.3, -0.25) is 4.79 Å². The molecule has 1 fully saturated rings. The molecule has 2 atom stereocenters. The van der Waals surface area contributed by atoms with Crippen molar-refractivity contribution in [2.45, 2.75) is 57.0 Å². The molecule has 166 valence electrons. The summed E-state index contributed by atoms with van der Waals surface area (Å²) in [4.78, 5) is 13.2. The first-order valence-electron chi connectivity index (χ1n) is 10.6. The Morgan fingerprint density at radius 3 is 2.68 bits per heavy atom. The fraction of sp³-hybridized carbons (Fsp3) is 0.435. The quantitative estimate of drug-likeness (QED) is 0.759. The number of carbonyl (C=O) groups is 1. The second kappa shape index (κ2) is 8.51. The Hall–Kier alpha value is -2.58. The van der Waals surface area contributed by atoms with Gasteiger partial charge in [0.25, 0.3) is 5.91 Å². The van der Waals surface area contributed by atoms with Crippen molar-refractivity contribution in [2.24, 2.45) is 0 Å². The van der Waals surface area contributed by atoms with Gasteiger partial charge in [0.15, 0.2) is 11.5 Å². The van der Waals surface area contributed by atoms with Crippen LogP contribution < -0.4 is 14.8 Å². The minimum absolute atomic E-state index is 0.0386. The van der Waals surface area contributed by atoms with E-state index in [0.29, 0.717) is 23.6 Å². The summed E-state index contributed by atoms with van der Waals surface area (Å²) in [5.41, 5.74) is 1.96. The summed E-state index contributed by atoms with van der Waals surface area (Å²) in [5, 5.41) is 2.97. The van der Waals surface area contributed by atoms with Gasteiger partial charge in [0.2, 0.25) is 16.8 Å². The van der Waals surface area contributed by atoms with Crippen molar-refractivity contribution in [3.8, 4) is 11.5 Å². The van der Waals surface area contributed by atoms with Gasteiger partial charge in [0.1, 0.15) is 0 Å². The summed E-state index contributed by atoms with van der Waals surface area (Å²) in [7, 11) is -3.65. The summed E-state index contributed by atoms with van der Waals surface area (Å²) in [6.45, 7) is 6.32. The molecule has 2 aliphatic heterocycles. The Morgan fingerprint density at radius 1 is 1.13 bits per heavy atom. The minimum atomic E-state index is -3.65. The first-order valence-corrected chi connectivity index (χ1v) is 12.0. The zero-order chi connectivity index (χ0) is 22.2. The molecule has 2 heterocycles. The highest BCUT2D eigenvalue weighted by Crippen LogP contribution is 2.34. The predicted octanol–water partition coefficient (Wildman–Crippen LogP) is 3.78. The second-order valence-corrected chi connectivity index (χ2v) is 10.1. The van der Waals surface area contributed by atoms with E-state index >= 15 is 0 Å². The maximum absolute atomic E-state index is 13.2. The number of nitrogens with one attached hydrogen (secondary N) is 1. The third kappa shape index (κ3) is 4.27. The van der Waals surface area contributed by atoms with E-state index in [1.165, 1.54) is 6.07 Å². The van der Waals surface area contributed by atoms with Gasteiger partial charge >= 0.3 is 0 Å². The van der Waals surface area contributed by atoms with E-state index in [2.05, 4.69) is 5.32 Å². The molecule has 0 radical (unpaired) electrons. The van der Waals surface area contributed by atoms with Gasteiger partial charge in [-0.15, -0.1) is 0 Å². The van der Waals surface area contributed by atoms with Crippen LogP contribution in [0.15, 0.2) is 41.3 Å². The van der Waals surface area contributed by atoms with E-state index in [-0.39, 0.29) is 29.7 Å². The molecule has 4 rings (SSSR count). The molecule has 1 saturated heterocycles. The molecule has 0 aromatic heterocycles. The number of hydrogen-bond acceptors (Lipinski definition) is 5. The van der Waals surface area contributed by atoms with E-state index in [0.717, 1.165) is 30.4 Å². The van der Waals surface area contributed by atoms with E-state index in [1.54, 1.807) is 23.4 Å². The van der Waals surface area contributed by atoms with Crippen LogP contribution in [-0.2, 0) is 10.0 Å². The van der Waals surface area contributed by atoms with Gasteiger partial charge in [-0.25, -0.2) is 8.42 Å². The van der Waals surface area contributed by atoms with Crippen molar-refractivity contribution in [2.75, 3.05) is 13.3 Å². The van der Waals surface area contributed by atoms with Crippen LogP contribution in [0.2, 0.25) is 0 Å². The molecular formula is C23H28N2O5S. The Morgan fingerprint density at radius 2 is 1.90 bits per heavy atom. The van der Waals surface area contributed by atoms with E-state index in [9.17, 15) is 13.2 Å². The molecule has 1 N–H and O–H groups in total. The number of amides is 1. The summed E-state index contributed by atoms with van der Waals surface area (Å²) in [6.07, 6.45) is 2.74. The number of fused-ring (bicyclic) bond motifs is 1. The fourth-order valence-corrected chi connectivity index (χ4v) is 5.84. The van der Waals surface area contributed by atoms with Crippen molar-refractivity contribution in [1.82, 2.24) is 9.62 Å². The van der Waals surface area contributed by atoms with Crippen LogP contribution in [0.25, 0.3) is 0 Å². The zero-order valence-electron chi connectivity index (χ0n) is 18.1. The summed E-state index contributed by atoms with van der Waals surface area (Å²) >= 11 is 0. The highest BCUT2D eigenvalue weighted by molar-refractivity contribution is 7.89. The number of benzene rings is 2.